The Hall–Kier alpha value is -1.82. The summed E-state index contributed by atoms with van der Waals surface area (Å²) in [7, 11) is 0. The van der Waals surface area contributed by atoms with Crippen molar-refractivity contribution in [2.24, 2.45) is 0 Å². The van der Waals surface area contributed by atoms with Gasteiger partial charge in [-0.15, -0.1) is 0 Å². The molecule has 6 heteroatoms. The highest BCUT2D eigenvalue weighted by Crippen LogP contribution is 2.22. The zero-order valence-electron chi connectivity index (χ0n) is 12.2. The van der Waals surface area contributed by atoms with Crippen LogP contribution in [-0.4, -0.2) is 36.4 Å². The first kappa shape index (κ1) is 14.6. The summed E-state index contributed by atoms with van der Waals surface area (Å²) in [5.41, 5.74) is 1.88. The molecule has 2 aromatic rings. The van der Waals surface area contributed by atoms with Gasteiger partial charge in [0.25, 0.3) is 0 Å². The molecule has 0 spiro atoms. The standard InChI is InChI=1S/C14H21N5O/c1-4-5-12-11(8-15-9-16-12)14-17-13(10(2)3)18-19(14)6-7-20/h8-10,20H,4-7H2,1-3H3. The topological polar surface area (TPSA) is 76.7 Å². The van der Waals surface area contributed by atoms with Gasteiger partial charge in [0.1, 0.15) is 6.33 Å². The van der Waals surface area contributed by atoms with Crippen molar-refractivity contribution in [3.63, 3.8) is 0 Å². The average Bonchev–Trinajstić information content (AvgIpc) is 2.84. The molecule has 0 atom stereocenters. The van der Waals surface area contributed by atoms with Gasteiger partial charge in [-0.3, -0.25) is 0 Å². The Kier molecular flexibility index (Phi) is 4.79. The number of aromatic nitrogens is 5. The van der Waals surface area contributed by atoms with Crippen LogP contribution in [0, 0.1) is 0 Å². The van der Waals surface area contributed by atoms with Gasteiger partial charge in [-0.25, -0.2) is 19.6 Å². The molecule has 20 heavy (non-hydrogen) atoms. The number of aryl methyl sites for hydroxylation is 1. The van der Waals surface area contributed by atoms with Crippen molar-refractivity contribution >= 4 is 0 Å². The van der Waals surface area contributed by atoms with Crippen LogP contribution < -0.4 is 0 Å². The van der Waals surface area contributed by atoms with Gasteiger partial charge in [0.05, 0.1) is 24.4 Å². The van der Waals surface area contributed by atoms with E-state index < -0.39 is 0 Å². The van der Waals surface area contributed by atoms with E-state index in [9.17, 15) is 5.11 Å². The Labute approximate surface area is 118 Å². The van der Waals surface area contributed by atoms with Crippen molar-refractivity contribution < 1.29 is 5.11 Å². The van der Waals surface area contributed by atoms with Crippen molar-refractivity contribution in [1.29, 1.82) is 0 Å². The van der Waals surface area contributed by atoms with Crippen molar-refractivity contribution in [2.75, 3.05) is 6.61 Å². The number of aliphatic hydroxyl groups excluding tert-OH is 1. The third kappa shape index (κ3) is 3.01. The van der Waals surface area contributed by atoms with E-state index in [1.54, 1.807) is 17.2 Å². The predicted molar refractivity (Wildman–Crippen MR) is 76.2 cm³/mol. The minimum atomic E-state index is 0.0324. The Bertz CT molecular complexity index is 564. The largest absolute Gasteiger partial charge is 0.394 e. The highest BCUT2D eigenvalue weighted by atomic mass is 16.3. The van der Waals surface area contributed by atoms with Crippen LogP contribution in [0.15, 0.2) is 12.5 Å². The summed E-state index contributed by atoms with van der Waals surface area (Å²) in [6.45, 7) is 6.68. The fraction of sp³-hybridized carbons (Fsp3) is 0.571. The molecule has 108 valence electrons. The molecular weight excluding hydrogens is 254 g/mol. The van der Waals surface area contributed by atoms with E-state index in [2.05, 4.69) is 40.8 Å². The first-order valence-electron chi connectivity index (χ1n) is 7.02. The molecular formula is C14H21N5O. The van der Waals surface area contributed by atoms with Gasteiger partial charge in [0.15, 0.2) is 11.6 Å². The van der Waals surface area contributed by atoms with Crippen LogP contribution in [0.25, 0.3) is 11.4 Å². The van der Waals surface area contributed by atoms with E-state index >= 15 is 0 Å². The summed E-state index contributed by atoms with van der Waals surface area (Å²) in [6.07, 6.45) is 5.22. The highest BCUT2D eigenvalue weighted by molar-refractivity contribution is 5.57. The Morgan fingerprint density at radius 3 is 2.80 bits per heavy atom. The molecule has 2 heterocycles. The lowest BCUT2D eigenvalue weighted by molar-refractivity contribution is 0.269. The number of hydrogen-bond donors (Lipinski definition) is 1. The monoisotopic (exact) mass is 275 g/mol. The SMILES string of the molecule is CCCc1ncncc1-c1nc(C(C)C)nn1CCO. The van der Waals surface area contributed by atoms with E-state index in [0.717, 1.165) is 35.7 Å². The summed E-state index contributed by atoms with van der Waals surface area (Å²) in [6, 6.07) is 0. The maximum absolute atomic E-state index is 9.19. The fourth-order valence-corrected chi connectivity index (χ4v) is 2.03. The first-order valence-corrected chi connectivity index (χ1v) is 7.02. The second-order valence-corrected chi connectivity index (χ2v) is 5.03. The third-order valence-corrected chi connectivity index (χ3v) is 3.04. The summed E-state index contributed by atoms with van der Waals surface area (Å²) < 4.78 is 1.74. The van der Waals surface area contributed by atoms with Crippen LogP contribution in [0.2, 0.25) is 0 Å². The number of hydrogen-bond acceptors (Lipinski definition) is 5. The molecule has 0 aliphatic heterocycles. The van der Waals surface area contributed by atoms with Crippen LogP contribution in [-0.2, 0) is 13.0 Å². The summed E-state index contributed by atoms with van der Waals surface area (Å²) in [4.78, 5) is 13.1. The molecule has 0 aromatic carbocycles. The second kappa shape index (κ2) is 6.56. The molecule has 0 saturated heterocycles. The third-order valence-electron chi connectivity index (χ3n) is 3.04. The minimum Gasteiger partial charge on any atom is -0.394 e. The molecule has 1 N–H and O–H groups in total. The molecule has 0 amide bonds. The van der Waals surface area contributed by atoms with Gasteiger partial charge < -0.3 is 5.11 Å². The maximum Gasteiger partial charge on any atom is 0.161 e. The highest BCUT2D eigenvalue weighted by Gasteiger charge is 2.17. The van der Waals surface area contributed by atoms with E-state index in [1.807, 2.05) is 0 Å². The smallest absolute Gasteiger partial charge is 0.161 e. The molecule has 2 aromatic heterocycles. The predicted octanol–water partition coefficient (Wildman–Crippen LogP) is 1.80. The lowest BCUT2D eigenvalue weighted by Crippen LogP contribution is -2.08. The molecule has 0 radical (unpaired) electrons. The Morgan fingerprint density at radius 2 is 2.15 bits per heavy atom. The van der Waals surface area contributed by atoms with E-state index in [0.29, 0.717) is 6.54 Å². The molecule has 0 aliphatic rings. The van der Waals surface area contributed by atoms with Crippen molar-refractivity contribution in [3.8, 4) is 11.4 Å². The summed E-state index contributed by atoms with van der Waals surface area (Å²) >= 11 is 0. The number of rotatable bonds is 6. The Morgan fingerprint density at radius 1 is 1.35 bits per heavy atom. The van der Waals surface area contributed by atoms with Gasteiger partial charge in [-0.1, -0.05) is 27.2 Å². The normalized spacial score (nSPS) is 11.2. The lowest BCUT2D eigenvalue weighted by Gasteiger charge is -2.07. The molecule has 2 rings (SSSR count). The van der Waals surface area contributed by atoms with Gasteiger partial charge in [0, 0.05) is 12.1 Å². The lowest BCUT2D eigenvalue weighted by atomic mass is 10.1. The van der Waals surface area contributed by atoms with Crippen molar-refractivity contribution in [3.05, 3.63) is 24.0 Å². The van der Waals surface area contributed by atoms with Crippen LogP contribution in [0.5, 0.6) is 0 Å². The molecule has 0 aliphatic carbocycles. The van der Waals surface area contributed by atoms with Crippen LogP contribution in [0.1, 0.15) is 44.6 Å². The van der Waals surface area contributed by atoms with Gasteiger partial charge in [-0.05, 0) is 6.42 Å². The van der Waals surface area contributed by atoms with Crippen LogP contribution in [0.4, 0.5) is 0 Å². The van der Waals surface area contributed by atoms with Crippen LogP contribution in [0.3, 0.4) is 0 Å². The van der Waals surface area contributed by atoms with Gasteiger partial charge in [0.2, 0.25) is 0 Å². The Balaban J connectivity index is 2.50. The number of aliphatic hydroxyl groups is 1. The zero-order valence-corrected chi connectivity index (χ0v) is 12.2. The van der Waals surface area contributed by atoms with E-state index in [4.69, 9.17) is 0 Å². The molecule has 0 unspecified atom stereocenters. The molecule has 0 fully saturated rings. The number of nitrogens with zero attached hydrogens (tertiary/aromatic N) is 5. The molecule has 0 bridgehead atoms. The first-order chi connectivity index (χ1) is 9.67. The van der Waals surface area contributed by atoms with Gasteiger partial charge in [-0.2, -0.15) is 5.10 Å². The van der Waals surface area contributed by atoms with Crippen molar-refractivity contribution in [1.82, 2.24) is 24.7 Å². The van der Waals surface area contributed by atoms with Gasteiger partial charge >= 0.3 is 0 Å². The molecule has 6 nitrogen and oxygen atoms in total. The minimum absolute atomic E-state index is 0.0324. The van der Waals surface area contributed by atoms with Crippen LogP contribution >= 0.6 is 0 Å². The zero-order chi connectivity index (χ0) is 14.5. The average molecular weight is 275 g/mol. The van der Waals surface area contributed by atoms with Crippen molar-refractivity contribution in [2.45, 2.75) is 46.1 Å². The maximum atomic E-state index is 9.19. The summed E-state index contributed by atoms with van der Waals surface area (Å²) in [5.74, 6) is 1.76. The quantitative estimate of drug-likeness (QED) is 0.870. The van der Waals surface area contributed by atoms with E-state index in [1.165, 1.54) is 0 Å². The summed E-state index contributed by atoms with van der Waals surface area (Å²) in [5, 5.41) is 13.7. The van der Waals surface area contributed by atoms with E-state index in [-0.39, 0.29) is 12.5 Å². The molecule has 0 saturated carbocycles. The fourth-order valence-electron chi connectivity index (χ4n) is 2.03. The second-order valence-electron chi connectivity index (χ2n) is 5.03.